The number of nitrogen functional groups attached to an aromatic ring is 1. The first-order chi connectivity index (χ1) is 36.5. The van der Waals surface area contributed by atoms with Crippen LogP contribution in [0.2, 0.25) is 0 Å². The van der Waals surface area contributed by atoms with E-state index >= 15 is 0 Å². The highest BCUT2D eigenvalue weighted by molar-refractivity contribution is 7.61. The first-order valence-electron chi connectivity index (χ1n) is 27.8. The van der Waals surface area contributed by atoms with Gasteiger partial charge in [0.2, 0.25) is 0 Å². The average molecular weight is 1110 g/mol. The molecule has 21 heteroatoms. The van der Waals surface area contributed by atoms with Crippen molar-refractivity contribution < 1.29 is 71.0 Å². The molecule has 5 unspecified atom stereocenters. The van der Waals surface area contributed by atoms with Gasteiger partial charge in [0.25, 0.3) is 0 Å². The van der Waals surface area contributed by atoms with Gasteiger partial charge in [-0.25, -0.2) is 13.9 Å². The molecule has 0 saturated carbocycles. The minimum atomic E-state index is -5.45. The Morgan fingerprint density at radius 2 is 1.24 bits per heavy atom. The van der Waals surface area contributed by atoms with Crippen LogP contribution < -0.4 is 11.4 Å². The van der Waals surface area contributed by atoms with E-state index in [2.05, 4.69) is 66.5 Å². The van der Waals surface area contributed by atoms with Crippen molar-refractivity contribution in [3.63, 3.8) is 0 Å². The lowest BCUT2D eigenvalue weighted by atomic mass is 9.99. The number of anilines is 1. The third-order valence-electron chi connectivity index (χ3n) is 13.1. The standard InChI is InChI=1S/C55H91N3O16P2/c1-4-6-29-35-46-47(72-46)36-31-26-22-18-14-11-12-16-20-24-28-33-38-51(60)71-45(41-68-50(59)37-32-27-23-19-15-10-8-7-9-13-17-21-25-30-34-44(3)5-2)42-69-75(64,65)74-76(66,67)70-43-48-52(61)53(62)54(73-48)58-40-39-49(56)57-55(58)63/h6,12,14,16,18,24,26,28-29,31,39-40,44-48,52-54,61-62H,4-5,7-11,13,15,17,19-23,25,27,30,32-38,41-43H2,1-3H3,(H,64,65)(H,66,67)(H2,56,57,63)/b16-12-,18-14-,28-24-,29-6-,31-26-/t44?,45-,46?,47?,48-,52-,53-,54-/m1/s1. The molecule has 2 aliphatic rings. The minimum Gasteiger partial charge on any atom is -0.462 e. The Labute approximate surface area is 451 Å². The summed E-state index contributed by atoms with van der Waals surface area (Å²) in [5, 5.41) is 20.9. The van der Waals surface area contributed by atoms with Gasteiger partial charge in [-0.2, -0.15) is 9.29 Å². The highest BCUT2D eigenvalue weighted by Gasteiger charge is 2.46. The Balaban J connectivity index is 1.39. The number of allylic oxidation sites excluding steroid dienone is 8. The van der Waals surface area contributed by atoms with Crippen molar-refractivity contribution in [1.29, 1.82) is 0 Å². The molecular weight excluding hydrogens is 1020 g/mol. The SMILES string of the molecule is CC/C=C\CC1OC1C/C=C\C/C=C\C/C=C\C/C=C\CCC(=O)O[C@H](COC(=O)CCCCCCCCCCCCCCCCC(C)CC)COP(=O)(O)OP(=O)(O)OC[C@H]1O[C@@H](n2ccc(N)nc2=O)[C@H](O)[C@@H]1O. The van der Waals surface area contributed by atoms with E-state index in [4.69, 9.17) is 33.7 Å². The van der Waals surface area contributed by atoms with Crippen LogP contribution in [0.4, 0.5) is 5.82 Å². The molecule has 1 aromatic rings. The maximum Gasteiger partial charge on any atom is 0.481 e. The summed E-state index contributed by atoms with van der Waals surface area (Å²) >= 11 is 0. The highest BCUT2D eigenvalue weighted by atomic mass is 31.3. The zero-order valence-corrected chi connectivity index (χ0v) is 47.2. The van der Waals surface area contributed by atoms with E-state index in [1.807, 2.05) is 24.3 Å². The number of phosphoric ester groups is 2. The fourth-order valence-electron chi connectivity index (χ4n) is 8.30. The monoisotopic (exact) mass is 1110 g/mol. The summed E-state index contributed by atoms with van der Waals surface area (Å²) in [6.45, 7) is 4.34. The number of phosphoric acid groups is 2. The van der Waals surface area contributed by atoms with Gasteiger partial charge in [0.1, 0.15) is 30.7 Å². The Hall–Kier alpha value is -3.58. The zero-order chi connectivity index (χ0) is 55.4. The van der Waals surface area contributed by atoms with Gasteiger partial charge in [-0.3, -0.25) is 23.2 Å². The molecule has 432 valence electrons. The van der Waals surface area contributed by atoms with Crippen molar-refractivity contribution in [2.75, 3.05) is 25.6 Å². The second-order valence-electron chi connectivity index (χ2n) is 19.7. The van der Waals surface area contributed by atoms with Gasteiger partial charge in [-0.15, -0.1) is 0 Å². The first kappa shape index (κ1) is 66.7. The maximum absolute atomic E-state index is 12.9. The van der Waals surface area contributed by atoms with Crippen molar-refractivity contribution in [1.82, 2.24) is 9.55 Å². The molecule has 0 aliphatic carbocycles. The summed E-state index contributed by atoms with van der Waals surface area (Å²) in [6.07, 6.45) is 39.2. The van der Waals surface area contributed by atoms with Gasteiger partial charge in [-0.05, 0) is 63.4 Å². The number of rotatable bonds is 44. The van der Waals surface area contributed by atoms with Gasteiger partial charge in [-0.1, -0.05) is 178 Å². The van der Waals surface area contributed by atoms with E-state index in [0.29, 0.717) is 31.5 Å². The normalized spacial score (nSPS) is 22.2. The molecule has 2 fully saturated rings. The quantitative estimate of drug-likeness (QED) is 0.0133. The molecule has 3 heterocycles. The molecular formula is C55H91N3O16P2. The van der Waals surface area contributed by atoms with Gasteiger partial charge in [0, 0.05) is 19.0 Å². The summed E-state index contributed by atoms with van der Waals surface area (Å²) < 4.78 is 62.5. The zero-order valence-electron chi connectivity index (χ0n) is 45.4. The minimum absolute atomic E-state index is 0.0792. The van der Waals surface area contributed by atoms with Crippen molar-refractivity contribution >= 4 is 33.4 Å². The van der Waals surface area contributed by atoms with Crippen molar-refractivity contribution in [3.05, 3.63) is 83.5 Å². The van der Waals surface area contributed by atoms with Gasteiger partial charge < -0.3 is 44.7 Å². The number of aliphatic hydroxyl groups excluding tert-OH is 2. The number of hydrogen-bond donors (Lipinski definition) is 5. The largest absolute Gasteiger partial charge is 0.481 e. The fraction of sp³-hybridized carbons (Fsp3) is 0.709. The number of hydrogen-bond acceptors (Lipinski definition) is 16. The van der Waals surface area contributed by atoms with Crippen molar-refractivity contribution in [2.45, 2.75) is 224 Å². The van der Waals surface area contributed by atoms with E-state index in [-0.39, 0.29) is 18.7 Å². The lowest BCUT2D eigenvalue weighted by Gasteiger charge is -2.21. The second-order valence-corrected chi connectivity index (χ2v) is 22.7. The second kappa shape index (κ2) is 38.9. The smallest absolute Gasteiger partial charge is 0.462 e. The van der Waals surface area contributed by atoms with Crippen LogP contribution in [-0.2, 0) is 51.0 Å². The summed E-state index contributed by atoms with van der Waals surface area (Å²) in [6, 6.07) is 1.24. The summed E-state index contributed by atoms with van der Waals surface area (Å²) in [7, 11) is -10.9. The van der Waals surface area contributed by atoms with Crippen LogP contribution in [-0.4, -0.2) is 97.9 Å². The number of nitrogens with zero attached hydrogens (tertiary/aromatic N) is 2. The Kier molecular flexibility index (Phi) is 34.1. The molecule has 0 amide bonds. The first-order valence-corrected chi connectivity index (χ1v) is 30.8. The number of unbranched alkanes of at least 4 members (excludes halogenated alkanes) is 13. The number of carbonyl (C=O) groups excluding carboxylic acids is 2. The van der Waals surface area contributed by atoms with E-state index in [0.717, 1.165) is 74.5 Å². The van der Waals surface area contributed by atoms with Crippen molar-refractivity contribution in [2.24, 2.45) is 5.92 Å². The van der Waals surface area contributed by atoms with Crippen LogP contribution in [0, 0.1) is 5.92 Å². The molecule has 2 aliphatic heterocycles. The predicted molar refractivity (Wildman–Crippen MR) is 293 cm³/mol. The lowest BCUT2D eigenvalue weighted by molar-refractivity contribution is -0.161. The molecule has 0 spiro atoms. The molecule has 0 radical (unpaired) electrons. The number of carbonyl (C=O) groups is 2. The summed E-state index contributed by atoms with van der Waals surface area (Å²) in [5.41, 5.74) is 4.59. The molecule has 0 bridgehead atoms. The average Bonchev–Trinajstić information content (AvgIpc) is 4.07. The molecule has 6 N–H and O–H groups in total. The summed E-state index contributed by atoms with van der Waals surface area (Å²) in [5.74, 6) is -0.555. The molecule has 3 rings (SSSR count). The van der Waals surface area contributed by atoms with Gasteiger partial charge in [0.15, 0.2) is 12.3 Å². The summed E-state index contributed by atoms with van der Waals surface area (Å²) in [4.78, 5) is 62.1. The van der Waals surface area contributed by atoms with E-state index in [1.54, 1.807) is 0 Å². The van der Waals surface area contributed by atoms with Crippen molar-refractivity contribution in [3.8, 4) is 0 Å². The Bertz CT molecular complexity index is 2100. The third-order valence-corrected chi connectivity index (χ3v) is 15.7. The number of epoxide rings is 1. The number of esters is 2. The topological polar surface area (TPSA) is 278 Å². The van der Waals surface area contributed by atoms with E-state index in [1.165, 1.54) is 76.7 Å². The molecule has 19 nitrogen and oxygen atoms in total. The lowest BCUT2D eigenvalue weighted by Crippen LogP contribution is -2.36. The number of aliphatic hydroxyl groups is 2. The Morgan fingerprint density at radius 1 is 0.697 bits per heavy atom. The Morgan fingerprint density at radius 3 is 1.82 bits per heavy atom. The highest BCUT2D eigenvalue weighted by Crippen LogP contribution is 2.60. The van der Waals surface area contributed by atoms with Crippen LogP contribution >= 0.6 is 15.6 Å². The number of ether oxygens (including phenoxy) is 4. The van der Waals surface area contributed by atoms with Crippen LogP contribution in [0.25, 0.3) is 0 Å². The molecule has 1 aromatic heterocycles. The number of nitrogens with two attached hydrogens (primary N) is 1. The molecule has 76 heavy (non-hydrogen) atoms. The third kappa shape index (κ3) is 30.5. The van der Waals surface area contributed by atoms with Crippen LogP contribution in [0.1, 0.15) is 188 Å². The van der Waals surface area contributed by atoms with Crippen LogP contribution in [0.15, 0.2) is 77.8 Å². The predicted octanol–water partition coefficient (Wildman–Crippen LogP) is 11.1. The molecule has 0 aromatic carbocycles. The molecule has 2 saturated heterocycles. The van der Waals surface area contributed by atoms with Crippen LogP contribution in [0.3, 0.4) is 0 Å². The van der Waals surface area contributed by atoms with Gasteiger partial charge >= 0.3 is 33.3 Å². The maximum atomic E-state index is 12.9. The van der Waals surface area contributed by atoms with Crippen LogP contribution in [0.5, 0.6) is 0 Å². The van der Waals surface area contributed by atoms with Gasteiger partial charge in [0.05, 0.1) is 25.4 Å². The fourth-order valence-corrected chi connectivity index (χ4v) is 10.4. The molecule has 10 atom stereocenters. The van der Waals surface area contributed by atoms with E-state index < -0.39 is 83.7 Å². The number of aromatic nitrogens is 2. The van der Waals surface area contributed by atoms with E-state index in [9.17, 15) is 43.5 Å².